The predicted octanol–water partition coefficient (Wildman–Crippen LogP) is 3.04. The molecule has 2 N–H and O–H groups in total. The van der Waals surface area contributed by atoms with Crippen molar-refractivity contribution in [2.24, 2.45) is 11.8 Å². The monoisotopic (exact) mass is 352 g/mol. The first kappa shape index (κ1) is 19.0. The van der Waals surface area contributed by atoms with Gasteiger partial charge in [0, 0.05) is 13.6 Å². The number of carboxylic acids is 1. The van der Waals surface area contributed by atoms with Gasteiger partial charge in [0.05, 0.1) is 18.6 Å². The SMILES string of the molecule is CC(CN(C)C(=O)NC(C)c1ccc(OCC2CC2)c(F)c1)C(=O)O. The molecule has 0 spiro atoms. The topological polar surface area (TPSA) is 78.9 Å². The van der Waals surface area contributed by atoms with Gasteiger partial charge in [-0.1, -0.05) is 13.0 Å². The third-order valence-electron chi connectivity index (χ3n) is 4.28. The van der Waals surface area contributed by atoms with Crippen molar-refractivity contribution in [3.05, 3.63) is 29.6 Å². The molecule has 0 saturated heterocycles. The van der Waals surface area contributed by atoms with E-state index in [1.807, 2.05) is 0 Å². The van der Waals surface area contributed by atoms with Crippen molar-refractivity contribution in [1.82, 2.24) is 10.2 Å². The number of nitrogens with zero attached hydrogens (tertiary/aromatic N) is 1. The average Bonchev–Trinajstić information content (AvgIpc) is 3.37. The quantitative estimate of drug-likeness (QED) is 0.754. The second kappa shape index (κ2) is 8.18. The Hall–Kier alpha value is -2.31. The van der Waals surface area contributed by atoms with Gasteiger partial charge in [-0.2, -0.15) is 0 Å². The van der Waals surface area contributed by atoms with Crippen molar-refractivity contribution in [1.29, 1.82) is 0 Å². The van der Waals surface area contributed by atoms with Crippen LogP contribution in [0.15, 0.2) is 18.2 Å². The van der Waals surface area contributed by atoms with Crippen LogP contribution in [0.25, 0.3) is 0 Å². The van der Waals surface area contributed by atoms with E-state index in [0.29, 0.717) is 18.1 Å². The number of carbonyl (C=O) groups is 2. The molecule has 2 unspecified atom stereocenters. The van der Waals surface area contributed by atoms with Crippen molar-refractivity contribution < 1.29 is 23.8 Å². The highest BCUT2D eigenvalue weighted by atomic mass is 19.1. The van der Waals surface area contributed by atoms with E-state index in [1.165, 1.54) is 24.9 Å². The van der Waals surface area contributed by atoms with E-state index in [-0.39, 0.29) is 12.3 Å². The summed E-state index contributed by atoms with van der Waals surface area (Å²) in [4.78, 5) is 24.3. The Balaban J connectivity index is 1.90. The molecule has 1 saturated carbocycles. The molecule has 1 aromatic rings. The van der Waals surface area contributed by atoms with E-state index in [1.54, 1.807) is 19.1 Å². The maximum absolute atomic E-state index is 14.1. The molecule has 2 rings (SSSR count). The first-order valence-electron chi connectivity index (χ1n) is 8.44. The predicted molar refractivity (Wildman–Crippen MR) is 91.0 cm³/mol. The molecular formula is C18H25FN2O4. The maximum Gasteiger partial charge on any atom is 0.317 e. The number of nitrogens with one attached hydrogen (secondary N) is 1. The van der Waals surface area contributed by atoms with Gasteiger partial charge in [0.25, 0.3) is 0 Å². The van der Waals surface area contributed by atoms with Gasteiger partial charge in [0.15, 0.2) is 11.6 Å². The molecule has 1 aromatic carbocycles. The highest BCUT2D eigenvalue weighted by Crippen LogP contribution is 2.30. The highest BCUT2D eigenvalue weighted by Gasteiger charge is 2.23. The minimum absolute atomic E-state index is 0.0934. The number of halogens is 1. The molecule has 0 aromatic heterocycles. The van der Waals surface area contributed by atoms with Crippen molar-refractivity contribution in [3.63, 3.8) is 0 Å². The van der Waals surface area contributed by atoms with Crippen molar-refractivity contribution in [3.8, 4) is 5.75 Å². The second-order valence-corrected chi connectivity index (χ2v) is 6.74. The van der Waals surface area contributed by atoms with Crippen LogP contribution in [0.4, 0.5) is 9.18 Å². The van der Waals surface area contributed by atoms with Crippen LogP contribution in [0.1, 0.15) is 38.3 Å². The number of amides is 2. The third kappa shape index (κ3) is 5.62. The smallest absolute Gasteiger partial charge is 0.317 e. The van der Waals surface area contributed by atoms with Gasteiger partial charge in [0.1, 0.15) is 0 Å². The van der Waals surface area contributed by atoms with E-state index < -0.39 is 29.8 Å². The summed E-state index contributed by atoms with van der Waals surface area (Å²) >= 11 is 0. The normalized spacial score (nSPS) is 16.0. The molecule has 1 aliphatic carbocycles. The number of hydrogen-bond acceptors (Lipinski definition) is 3. The van der Waals surface area contributed by atoms with Crippen LogP contribution in [-0.4, -0.2) is 42.2 Å². The molecule has 2 atom stereocenters. The molecule has 1 fully saturated rings. The molecular weight excluding hydrogens is 327 g/mol. The molecule has 1 aliphatic rings. The molecule has 0 bridgehead atoms. The summed E-state index contributed by atoms with van der Waals surface area (Å²) < 4.78 is 19.6. The zero-order valence-electron chi connectivity index (χ0n) is 14.8. The van der Waals surface area contributed by atoms with Crippen molar-refractivity contribution in [2.75, 3.05) is 20.2 Å². The maximum atomic E-state index is 14.1. The van der Waals surface area contributed by atoms with Gasteiger partial charge in [-0.25, -0.2) is 9.18 Å². The largest absolute Gasteiger partial charge is 0.490 e. The standard InChI is InChI=1S/C18H25FN2O4/c1-11(17(22)23)9-21(3)18(24)20-12(2)14-6-7-16(15(19)8-14)25-10-13-4-5-13/h6-8,11-13H,4-5,9-10H2,1-3H3,(H,20,24)(H,22,23). The zero-order valence-corrected chi connectivity index (χ0v) is 14.8. The summed E-state index contributed by atoms with van der Waals surface area (Å²) in [7, 11) is 1.52. The van der Waals surface area contributed by atoms with Gasteiger partial charge in [0.2, 0.25) is 0 Å². The first-order valence-corrected chi connectivity index (χ1v) is 8.44. The molecule has 6 nitrogen and oxygen atoms in total. The van der Waals surface area contributed by atoms with E-state index in [2.05, 4.69) is 5.32 Å². The van der Waals surface area contributed by atoms with E-state index in [4.69, 9.17) is 9.84 Å². The van der Waals surface area contributed by atoms with Crippen LogP contribution in [0.5, 0.6) is 5.75 Å². The third-order valence-corrected chi connectivity index (χ3v) is 4.28. The first-order chi connectivity index (χ1) is 11.8. The van der Waals surface area contributed by atoms with Gasteiger partial charge in [-0.15, -0.1) is 0 Å². The minimum atomic E-state index is -0.962. The number of carboxylic acid groups (broad SMARTS) is 1. The summed E-state index contributed by atoms with van der Waals surface area (Å²) in [5.74, 6) is -1.31. The van der Waals surface area contributed by atoms with Gasteiger partial charge >= 0.3 is 12.0 Å². The Kier molecular flexibility index (Phi) is 6.22. The molecule has 0 radical (unpaired) electrons. The van der Waals surface area contributed by atoms with Crippen LogP contribution >= 0.6 is 0 Å². The summed E-state index contributed by atoms with van der Waals surface area (Å²) in [5, 5.41) is 11.6. The molecule has 2 amide bonds. The lowest BCUT2D eigenvalue weighted by Crippen LogP contribution is -2.41. The lowest BCUT2D eigenvalue weighted by atomic mass is 10.1. The Bertz CT molecular complexity index is 634. The number of rotatable bonds is 8. The highest BCUT2D eigenvalue weighted by molar-refractivity contribution is 5.76. The lowest BCUT2D eigenvalue weighted by molar-refractivity contribution is -0.141. The number of urea groups is 1. The number of ether oxygens (including phenoxy) is 1. The Morgan fingerprint density at radius 2 is 2.08 bits per heavy atom. The summed E-state index contributed by atoms with van der Waals surface area (Å²) in [6, 6.07) is 3.83. The number of hydrogen-bond donors (Lipinski definition) is 2. The van der Waals surface area contributed by atoms with Crippen LogP contribution < -0.4 is 10.1 Å². The fraction of sp³-hybridized carbons (Fsp3) is 0.556. The van der Waals surface area contributed by atoms with Crippen molar-refractivity contribution in [2.45, 2.75) is 32.7 Å². The van der Waals surface area contributed by atoms with E-state index in [9.17, 15) is 14.0 Å². The summed E-state index contributed by atoms with van der Waals surface area (Å²) in [6.45, 7) is 3.91. The Morgan fingerprint density at radius 1 is 1.40 bits per heavy atom. The second-order valence-electron chi connectivity index (χ2n) is 6.74. The number of carbonyl (C=O) groups excluding carboxylic acids is 1. The Labute approximate surface area is 147 Å². The van der Waals surface area contributed by atoms with Crippen LogP contribution in [0.3, 0.4) is 0 Å². The number of benzene rings is 1. The van der Waals surface area contributed by atoms with E-state index >= 15 is 0 Å². The van der Waals surface area contributed by atoms with Crippen LogP contribution in [0, 0.1) is 17.7 Å². The van der Waals surface area contributed by atoms with Gasteiger partial charge < -0.3 is 20.1 Å². The minimum Gasteiger partial charge on any atom is -0.490 e. The van der Waals surface area contributed by atoms with Crippen LogP contribution in [-0.2, 0) is 4.79 Å². The Morgan fingerprint density at radius 3 is 2.64 bits per heavy atom. The molecule has 0 aliphatic heterocycles. The zero-order chi connectivity index (χ0) is 18.6. The number of aliphatic carboxylic acids is 1. The molecule has 0 heterocycles. The van der Waals surface area contributed by atoms with Gasteiger partial charge in [-0.05, 0) is 43.4 Å². The lowest BCUT2D eigenvalue weighted by Gasteiger charge is -2.23. The molecule has 25 heavy (non-hydrogen) atoms. The fourth-order valence-corrected chi connectivity index (χ4v) is 2.35. The van der Waals surface area contributed by atoms with Gasteiger partial charge in [-0.3, -0.25) is 4.79 Å². The summed E-state index contributed by atoms with van der Waals surface area (Å²) in [6.07, 6.45) is 2.27. The molecule has 7 heteroatoms. The van der Waals surface area contributed by atoms with Crippen molar-refractivity contribution >= 4 is 12.0 Å². The fourth-order valence-electron chi connectivity index (χ4n) is 2.35. The average molecular weight is 352 g/mol. The van der Waals surface area contributed by atoms with Crippen LogP contribution in [0.2, 0.25) is 0 Å². The van der Waals surface area contributed by atoms with E-state index in [0.717, 1.165) is 12.8 Å². The summed E-state index contributed by atoms with van der Waals surface area (Å²) in [5.41, 5.74) is 0.615. The molecule has 138 valence electrons.